The first kappa shape index (κ1) is 11.9. The molecule has 92 valence electrons. The van der Waals surface area contributed by atoms with Gasteiger partial charge in [0, 0.05) is 7.05 Å². The molecule has 2 aromatic rings. The monoisotopic (exact) mass is 243 g/mol. The Morgan fingerprint density at radius 3 is 2.78 bits per heavy atom. The van der Waals surface area contributed by atoms with Gasteiger partial charge in [-0.05, 0) is 25.1 Å². The van der Waals surface area contributed by atoms with Crippen molar-refractivity contribution in [2.24, 2.45) is 7.05 Å². The Morgan fingerprint density at radius 2 is 2.22 bits per heavy atom. The van der Waals surface area contributed by atoms with Crippen LogP contribution in [0.4, 0.5) is 5.69 Å². The van der Waals surface area contributed by atoms with Gasteiger partial charge in [0.15, 0.2) is 5.82 Å². The number of nitrogens with two attached hydrogens (primary N) is 1. The van der Waals surface area contributed by atoms with Gasteiger partial charge >= 0.3 is 0 Å². The van der Waals surface area contributed by atoms with Crippen LogP contribution in [0.1, 0.15) is 17.2 Å². The number of nitriles is 1. The lowest BCUT2D eigenvalue weighted by molar-refractivity contribution is 0.292. The molecule has 0 amide bonds. The van der Waals surface area contributed by atoms with Crippen LogP contribution < -0.4 is 10.5 Å². The van der Waals surface area contributed by atoms with E-state index in [9.17, 15) is 0 Å². The zero-order chi connectivity index (χ0) is 13.1. The molecule has 0 radical (unpaired) electrons. The molecule has 0 aliphatic carbocycles. The third-order valence-electron chi connectivity index (χ3n) is 2.68. The van der Waals surface area contributed by atoms with Crippen LogP contribution in [0.25, 0.3) is 0 Å². The first-order valence-electron chi connectivity index (χ1n) is 5.39. The van der Waals surface area contributed by atoms with Crippen molar-refractivity contribution < 1.29 is 4.74 Å². The molecule has 0 unspecified atom stereocenters. The third-order valence-corrected chi connectivity index (χ3v) is 2.68. The molecule has 1 aromatic carbocycles. The van der Waals surface area contributed by atoms with E-state index < -0.39 is 0 Å². The van der Waals surface area contributed by atoms with Crippen molar-refractivity contribution in [1.82, 2.24) is 14.8 Å². The molecule has 0 saturated carbocycles. The summed E-state index contributed by atoms with van der Waals surface area (Å²) in [6.07, 6.45) is 0. The second-order valence-corrected chi connectivity index (χ2v) is 3.88. The molecule has 18 heavy (non-hydrogen) atoms. The molecule has 6 heteroatoms. The minimum absolute atomic E-state index is 0.285. The number of hydrogen-bond acceptors (Lipinski definition) is 5. The summed E-state index contributed by atoms with van der Waals surface area (Å²) in [4.78, 5) is 0. The van der Waals surface area contributed by atoms with Crippen molar-refractivity contribution in [3.63, 3.8) is 0 Å². The summed E-state index contributed by atoms with van der Waals surface area (Å²) in [5.41, 5.74) is 6.73. The fourth-order valence-electron chi connectivity index (χ4n) is 1.47. The highest BCUT2D eigenvalue weighted by molar-refractivity contribution is 5.56. The van der Waals surface area contributed by atoms with Gasteiger partial charge in [0.05, 0.1) is 17.3 Å². The van der Waals surface area contributed by atoms with Crippen molar-refractivity contribution in [2.45, 2.75) is 13.5 Å². The number of nitrogens with zero attached hydrogens (tertiary/aromatic N) is 4. The SMILES string of the molecule is Cc1nnc(COc2ccc(C#N)cc2N)n1C. The molecule has 0 spiro atoms. The van der Waals surface area contributed by atoms with Crippen molar-refractivity contribution >= 4 is 5.69 Å². The summed E-state index contributed by atoms with van der Waals surface area (Å²) >= 11 is 0. The van der Waals surface area contributed by atoms with Gasteiger partial charge in [-0.1, -0.05) is 0 Å². The number of benzene rings is 1. The highest BCUT2D eigenvalue weighted by atomic mass is 16.5. The second-order valence-electron chi connectivity index (χ2n) is 3.88. The first-order chi connectivity index (χ1) is 8.61. The smallest absolute Gasteiger partial charge is 0.170 e. The Hall–Kier alpha value is -2.55. The molecule has 0 fully saturated rings. The molecule has 0 atom stereocenters. The minimum atomic E-state index is 0.285. The van der Waals surface area contributed by atoms with Crippen molar-refractivity contribution in [3.8, 4) is 11.8 Å². The van der Waals surface area contributed by atoms with Crippen LogP contribution in [0, 0.1) is 18.3 Å². The molecule has 2 rings (SSSR count). The van der Waals surface area contributed by atoms with Gasteiger partial charge in [-0.3, -0.25) is 0 Å². The van der Waals surface area contributed by atoms with Gasteiger partial charge in [0.25, 0.3) is 0 Å². The number of nitrogen functional groups attached to an aromatic ring is 1. The van der Waals surface area contributed by atoms with Gasteiger partial charge in [-0.25, -0.2) is 0 Å². The lowest BCUT2D eigenvalue weighted by atomic mass is 10.2. The number of anilines is 1. The fraction of sp³-hybridized carbons (Fsp3) is 0.250. The Kier molecular flexibility index (Phi) is 3.15. The molecule has 2 N–H and O–H groups in total. The summed E-state index contributed by atoms with van der Waals surface area (Å²) < 4.78 is 7.41. The molecular formula is C12H13N5O. The average Bonchev–Trinajstić information content (AvgIpc) is 2.68. The number of hydrogen-bond donors (Lipinski definition) is 1. The fourth-order valence-corrected chi connectivity index (χ4v) is 1.47. The lowest BCUT2D eigenvalue weighted by Crippen LogP contribution is -2.05. The second kappa shape index (κ2) is 4.75. The van der Waals surface area contributed by atoms with Crippen LogP contribution in [0.5, 0.6) is 5.75 Å². The maximum Gasteiger partial charge on any atom is 0.170 e. The zero-order valence-corrected chi connectivity index (χ0v) is 10.2. The van der Waals surface area contributed by atoms with E-state index in [1.165, 1.54) is 0 Å². The van der Waals surface area contributed by atoms with Crippen LogP contribution >= 0.6 is 0 Å². The summed E-state index contributed by atoms with van der Waals surface area (Å²) in [6, 6.07) is 6.94. The molecule has 0 aliphatic heterocycles. The molecule has 1 aromatic heterocycles. The lowest BCUT2D eigenvalue weighted by Gasteiger charge is -2.08. The predicted octanol–water partition coefficient (Wildman–Crippen LogP) is 1.16. The number of aromatic nitrogens is 3. The quantitative estimate of drug-likeness (QED) is 0.817. The summed E-state index contributed by atoms with van der Waals surface area (Å²) in [6.45, 7) is 2.15. The maximum absolute atomic E-state index is 8.73. The van der Waals surface area contributed by atoms with Crippen LogP contribution in [0.3, 0.4) is 0 Å². The van der Waals surface area contributed by atoms with Crippen molar-refractivity contribution in [1.29, 1.82) is 5.26 Å². The van der Waals surface area contributed by atoms with E-state index in [2.05, 4.69) is 10.2 Å². The van der Waals surface area contributed by atoms with Gasteiger partial charge in [-0.2, -0.15) is 5.26 Å². The van der Waals surface area contributed by atoms with E-state index >= 15 is 0 Å². The highest BCUT2D eigenvalue weighted by Crippen LogP contribution is 2.23. The molecule has 0 aliphatic rings. The average molecular weight is 243 g/mol. The van der Waals surface area contributed by atoms with E-state index in [4.69, 9.17) is 15.7 Å². The van der Waals surface area contributed by atoms with E-state index in [0.29, 0.717) is 17.0 Å². The van der Waals surface area contributed by atoms with E-state index in [0.717, 1.165) is 11.6 Å². The van der Waals surface area contributed by atoms with Crippen LogP contribution in [-0.4, -0.2) is 14.8 Å². The minimum Gasteiger partial charge on any atom is -0.483 e. The summed E-state index contributed by atoms with van der Waals surface area (Å²) in [5, 5.41) is 16.7. The summed E-state index contributed by atoms with van der Waals surface area (Å²) in [5.74, 6) is 2.08. The van der Waals surface area contributed by atoms with Crippen LogP contribution in [0.15, 0.2) is 18.2 Å². The van der Waals surface area contributed by atoms with Crippen molar-refractivity contribution in [3.05, 3.63) is 35.4 Å². The van der Waals surface area contributed by atoms with E-state index in [1.54, 1.807) is 18.2 Å². The van der Waals surface area contributed by atoms with E-state index in [-0.39, 0.29) is 6.61 Å². The Labute approximate surface area is 105 Å². The number of aryl methyl sites for hydroxylation is 1. The molecular weight excluding hydrogens is 230 g/mol. The van der Waals surface area contributed by atoms with Gasteiger partial charge < -0.3 is 15.0 Å². The van der Waals surface area contributed by atoms with Gasteiger partial charge in [0.1, 0.15) is 18.2 Å². The first-order valence-corrected chi connectivity index (χ1v) is 5.39. The number of ether oxygens (including phenoxy) is 1. The summed E-state index contributed by atoms with van der Waals surface area (Å²) in [7, 11) is 1.87. The topological polar surface area (TPSA) is 89.8 Å². The molecule has 1 heterocycles. The largest absolute Gasteiger partial charge is 0.483 e. The molecule has 0 bridgehead atoms. The predicted molar refractivity (Wildman–Crippen MR) is 65.6 cm³/mol. The standard InChI is InChI=1S/C12H13N5O/c1-8-15-16-12(17(8)2)7-18-11-4-3-9(6-13)5-10(11)14/h3-5H,7,14H2,1-2H3. The van der Waals surface area contributed by atoms with Gasteiger partial charge in [-0.15, -0.1) is 10.2 Å². The van der Waals surface area contributed by atoms with E-state index in [1.807, 2.05) is 24.6 Å². The highest BCUT2D eigenvalue weighted by Gasteiger charge is 2.07. The Morgan fingerprint density at radius 1 is 1.44 bits per heavy atom. The van der Waals surface area contributed by atoms with Crippen molar-refractivity contribution in [2.75, 3.05) is 5.73 Å². The number of rotatable bonds is 3. The Bertz CT molecular complexity index is 611. The molecule has 6 nitrogen and oxygen atoms in total. The van der Waals surface area contributed by atoms with Gasteiger partial charge in [0.2, 0.25) is 0 Å². The zero-order valence-electron chi connectivity index (χ0n) is 10.2. The van der Waals surface area contributed by atoms with Crippen LogP contribution in [-0.2, 0) is 13.7 Å². The Balaban J connectivity index is 2.11. The maximum atomic E-state index is 8.73. The normalized spacial score (nSPS) is 10.1. The van der Waals surface area contributed by atoms with Crippen LogP contribution in [0.2, 0.25) is 0 Å². The molecule has 0 saturated heterocycles. The third kappa shape index (κ3) is 2.25.